The van der Waals surface area contributed by atoms with Gasteiger partial charge >= 0.3 is 0 Å². The third-order valence-electron chi connectivity index (χ3n) is 2.26. The van der Waals surface area contributed by atoms with Crippen LogP contribution in [-0.2, 0) is 4.79 Å². The Morgan fingerprint density at radius 3 is 2.56 bits per heavy atom. The number of hydrogen-bond donors (Lipinski definition) is 0. The van der Waals surface area contributed by atoms with Crippen molar-refractivity contribution in [3.05, 3.63) is 30.3 Å². The summed E-state index contributed by atoms with van der Waals surface area (Å²) in [6.07, 6.45) is 0. The van der Waals surface area contributed by atoms with Crippen LogP contribution in [0.2, 0.25) is 0 Å². The first-order valence-corrected chi connectivity index (χ1v) is 6.01. The Morgan fingerprint density at radius 1 is 1.31 bits per heavy atom. The standard InChI is InChI=1S/C11H13N3OS/c1-11(2)10(15)14(13-12-11)8-16-9-6-4-3-5-7-9/h3-7H,8H2,1-2H3. The normalized spacial score (nSPS) is 18.1. The fourth-order valence-electron chi connectivity index (χ4n) is 1.30. The second kappa shape index (κ2) is 4.25. The van der Waals surface area contributed by atoms with Crippen LogP contribution in [0.3, 0.4) is 0 Å². The Morgan fingerprint density at radius 2 is 2.00 bits per heavy atom. The number of rotatable bonds is 3. The number of carbonyl (C=O) groups excluding carboxylic acids is 1. The van der Waals surface area contributed by atoms with Crippen molar-refractivity contribution in [1.29, 1.82) is 0 Å². The van der Waals surface area contributed by atoms with Gasteiger partial charge in [0.2, 0.25) is 0 Å². The highest BCUT2D eigenvalue weighted by molar-refractivity contribution is 7.99. The van der Waals surface area contributed by atoms with E-state index in [2.05, 4.69) is 10.3 Å². The summed E-state index contributed by atoms with van der Waals surface area (Å²) in [7, 11) is 0. The molecule has 1 aromatic rings. The first kappa shape index (κ1) is 11.1. The lowest BCUT2D eigenvalue weighted by molar-refractivity contribution is -0.131. The number of carbonyl (C=O) groups is 1. The van der Waals surface area contributed by atoms with Crippen LogP contribution in [0.4, 0.5) is 0 Å². The van der Waals surface area contributed by atoms with E-state index < -0.39 is 5.54 Å². The van der Waals surface area contributed by atoms with Crippen molar-refractivity contribution in [1.82, 2.24) is 5.01 Å². The van der Waals surface area contributed by atoms with Crippen LogP contribution in [-0.4, -0.2) is 22.3 Å². The van der Waals surface area contributed by atoms with Crippen molar-refractivity contribution in [3.8, 4) is 0 Å². The second-order valence-corrected chi connectivity index (χ2v) is 5.06. The van der Waals surface area contributed by atoms with E-state index >= 15 is 0 Å². The summed E-state index contributed by atoms with van der Waals surface area (Å²) in [5.74, 6) is 0.464. The van der Waals surface area contributed by atoms with Crippen LogP contribution >= 0.6 is 11.8 Å². The van der Waals surface area contributed by atoms with Crippen LogP contribution in [0.5, 0.6) is 0 Å². The van der Waals surface area contributed by atoms with Gasteiger partial charge in [-0.2, -0.15) is 5.11 Å². The molecule has 1 aliphatic rings. The molecule has 16 heavy (non-hydrogen) atoms. The van der Waals surface area contributed by atoms with E-state index in [4.69, 9.17) is 0 Å². The van der Waals surface area contributed by atoms with Crippen LogP contribution in [0.15, 0.2) is 45.6 Å². The second-order valence-electron chi connectivity index (χ2n) is 4.04. The van der Waals surface area contributed by atoms with Gasteiger partial charge in [0, 0.05) is 4.90 Å². The summed E-state index contributed by atoms with van der Waals surface area (Å²) >= 11 is 1.57. The molecule has 0 N–H and O–H groups in total. The maximum Gasteiger partial charge on any atom is 0.274 e. The molecule has 2 rings (SSSR count). The number of amides is 1. The molecule has 0 aromatic heterocycles. The summed E-state index contributed by atoms with van der Waals surface area (Å²) in [4.78, 5) is 12.9. The van der Waals surface area contributed by atoms with E-state index in [1.54, 1.807) is 25.6 Å². The van der Waals surface area contributed by atoms with Gasteiger partial charge < -0.3 is 0 Å². The van der Waals surface area contributed by atoms with Gasteiger partial charge in [-0.15, -0.1) is 11.8 Å². The van der Waals surface area contributed by atoms with Gasteiger partial charge in [0.15, 0.2) is 5.54 Å². The van der Waals surface area contributed by atoms with Crippen molar-refractivity contribution in [2.45, 2.75) is 24.3 Å². The van der Waals surface area contributed by atoms with Gasteiger partial charge in [0.25, 0.3) is 5.91 Å². The summed E-state index contributed by atoms with van der Waals surface area (Å²) in [6.45, 7) is 3.54. The molecule has 4 nitrogen and oxygen atoms in total. The molecular weight excluding hydrogens is 222 g/mol. The summed E-state index contributed by atoms with van der Waals surface area (Å²) in [5.41, 5.74) is -0.697. The van der Waals surface area contributed by atoms with Crippen molar-refractivity contribution in [2.24, 2.45) is 10.3 Å². The lowest BCUT2D eigenvalue weighted by atomic mass is 10.1. The third kappa shape index (κ3) is 2.24. The van der Waals surface area contributed by atoms with Gasteiger partial charge in [0.05, 0.1) is 5.88 Å². The largest absolute Gasteiger partial charge is 0.274 e. The van der Waals surface area contributed by atoms with Gasteiger partial charge in [-0.3, -0.25) is 4.79 Å². The molecule has 1 aliphatic heterocycles. The zero-order chi connectivity index (χ0) is 11.6. The monoisotopic (exact) mass is 235 g/mol. The molecule has 1 heterocycles. The fraction of sp³-hybridized carbons (Fsp3) is 0.364. The minimum absolute atomic E-state index is 0.0454. The predicted octanol–water partition coefficient (Wildman–Crippen LogP) is 2.72. The van der Waals surface area contributed by atoms with Crippen LogP contribution in [0.1, 0.15) is 13.8 Å². The molecule has 0 fully saturated rings. The Kier molecular flexibility index (Phi) is 2.96. The van der Waals surface area contributed by atoms with E-state index in [0.717, 1.165) is 4.90 Å². The van der Waals surface area contributed by atoms with Crippen molar-refractivity contribution >= 4 is 17.7 Å². The molecule has 0 radical (unpaired) electrons. The molecule has 0 bridgehead atoms. The SMILES string of the molecule is CC1(C)N=NN(CSc2ccccc2)C1=O. The Labute approximate surface area is 98.7 Å². The molecule has 5 heteroatoms. The first-order chi connectivity index (χ1) is 7.59. The Hall–Kier alpha value is -1.36. The zero-order valence-electron chi connectivity index (χ0n) is 9.25. The molecule has 1 aromatic carbocycles. The number of thioether (sulfide) groups is 1. The maximum absolute atomic E-state index is 11.8. The Bertz CT molecular complexity index is 416. The fourth-order valence-corrected chi connectivity index (χ4v) is 2.09. The maximum atomic E-state index is 11.8. The molecule has 0 unspecified atom stereocenters. The summed E-state index contributed by atoms with van der Waals surface area (Å²) in [5, 5.41) is 9.22. The highest BCUT2D eigenvalue weighted by Gasteiger charge is 2.37. The lowest BCUT2D eigenvalue weighted by Gasteiger charge is -2.14. The van der Waals surface area contributed by atoms with Crippen molar-refractivity contribution in [2.75, 3.05) is 5.88 Å². The summed E-state index contributed by atoms with van der Waals surface area (Å²) < 4.78 is 0. The van der Waals surface area contributed by atoms with Crippen LogP contribution in [0, 0.1) is 0 Å². The van der Waals surface area contributed by atoms with E-state index in [1.165, 1.54) is 5.01 Å². The highest BCUT2D eigenvalue weighted by atomic mass is 32.2. The van der Waals surface area contributed by atoms with Crippen molar-refractivity contribution < 1.29 is 4.79 Å². The predicted molar refractivity (Wildman–Crippen MR) is 62.9 cm³/mol. The first-order valence-electron chi connectivity index (χ1n) is 5.02. The van der Waals surface area contributed by atoms with E-state index in [9.17, 15) is 4.79 Å². The minimum atomic E-state index is -0.697. The van der Waals surface area contributed by atoms with Gasteiger partial charge in [-0.25, -0.2) is 5.01 Å². The number of nitrogens with zero attached hydrogens (tertiary/aromatic N) is 3. The van der Waals surface area contributed by atoms with E-state index in [1.807, 2.05) is 30.3 Å². The van der Waals surface area contributed by atoms with E-state index in [0.29, 0.717) is 5.88 Å². The molecule has 0 saturated carbocycles. The minimum Gasteiger partial charge on any atom is -0.270 e. The lowest BCUT2D eigenvalue weighted by Crippen LogP contribution is -2.35. The van der Waals surface area contributed by atoms with Crippen LogP contribution in [0.25, 0.3) is 0 Å². The smallest absolute Gasteiger partial charge is 0.270 e. The molecular formula is C11H13N3OS. The molecule has 0 spiro atoms. The molecule has 0 saturated heterocycles. The van der Waals surface area contributed by atoms with E-state index in [-0.39, 0.29) is 5.91 Å². The Balaban J connectivity index is 1.94. The zero-order valence-corrected chi connectivity index (χ0v) is 10.1. The third-order valence-corrected chi connectivity index (χ3v) is 3.24. The summed E-state index contributed by atoms with van der Waals surface area (Å²) in [6, 6.07) is 9.92. The molecule has 0 aliphatic carbocycles. The van der Waals surface area contributed by atoms with Gasteiger partial charge in [-0.1, -0.05) is 23.4 Å². The van der Waals surface area contributed by atoms with Crippen molar-refractivity contribution in [3.63, 3.8) is 0 Å². The average Bonchev–Trinajstić information content (AvgIpc) is 2.54. The number of hydrogen-bond acceptors (Lipinski definition) is 4. The van der Waals surface area contributed by atoms with Crippen LogP contribution < -0.4 is 0 Å². The number of benzene rings is 1. The molecule has 1 amide bonds. The molecule has 84 valence electrons. The van der Waals surface area contributed by atoms with Gasteiger partial charge in [-0.05, 0) is 26.0 Å². The van der Waals surface area contributed by atoms with Gasteiger partial charge in [0.1, 0.15) is 0 Å². The highest BCUT2D eigenvalue weighted by Crippen LogP contribution is 2.26. The molecule has 0 atom stereocenters. The quantitative estimate of drug-likeness (QED) is 0.756. The average molecular weight is 235 g/mol. The topological polar surface area (TPSA) is 45.0 Å².